The lowest BCUT2D eigenvalue weighted by Crippen LogP contribution is -2.60. The molecule has 2 aliphatic heterocycles. The zero-order chi connectivity index (χ0) is 29.9. The molecule has 11 rings (SSSR count). The summed E-state index contributed by atoms with van der Waals surface area (Å²) in [6.07, 6.45) is 0. The van der Waals surface area contributed by atoms with E-state index in [2.05, 4.69) is 172 Å². The van der Waals surface area contributed by atoms with E-state index in [9.17, 15) is 0 Å². The molecule has 4 heterocycles. The highest BCUT2D eigenvalue weighted by Gasteiger charge is 2.41. The lowest BCUT2D eigenvalue weighted by atomic mass is 9.34. The Balaban J connectivity index is 1.36. The fourth-order valence-corrected chi connectivity index (χ4v) is 8.57. The Hall–Kier alpha value is -6.00. The fourth-order valence-electron chi connectivity index (χ4n) is 8.57. The number of hydrogen-bond acceptors (Lipinski definition) is 1. The van der Waals surface area contributed by atoms with Crippen LogP contribution < -0.4 is 21.3 Å². The van der Waals surface area contributed by atoms with E-state index in [4.69, 9.17) is 0 Å². The first kappa shape index (κ1) is 24.3. The third-order valence-corrected chi connectivity index (χ3v) is 10.3. The van der Waals surface area contributed by atoms with Crippen molar-refractivity contribution in [3.8, 4) is 11.4 Å². The number of hydrogen-bond donors (Lipinski definition) is 0. The van der Waals surface area contributed by atoms with Gasteiger partial charge in [0, 0.05) is 55.5 Å². The molecule has 0 unspecified atom stereocenters. The van der Waals surface area contributed by atoms with E-state index < -0.39 is 0 Å². The topological polar surface area (TPSA) is 13.1 Å². The van der Waals surface area contributed by atoms with Crippen LogP contribution in [0.5, 0.6) is 0 Å². The predicted molar refractivity (Wildman–Crippen MR) is 194 cm³/mol. The van der Waals surface area contributed by atoms with E-state index in [-0.39, 0.29) is 6.71 Å². The number of benzene rings is 7. The lowest BCUT2D eigenvalue weighted by Gasteiger charge is -2.40. The van der Waals surface area contributed by atoms with Crippen LogP contribution in [0.25, 0.3) is 55.0 Å². The second-order valence-corrected chi connectivity index (χ2v) is 12.5. The largest absolute Gasteiger partial charge is 0.311 e. The smallest absolute Gasteiger partial charge is 0.252 e. The molecule has 2 aromatic heterocycles. The summed E-state index contributed by atoms with van der Waals surface area (Å²) in [4.78, 5) is 2.46. The third kappa shape index (κ3) is 2.94. The molecule has 3 nitrogen and oxygen atoms in total. The minimum atomic E-state index is 0.137. The maximum atomic E-state index is 2.59. The summed E-state index contributed by atoms with van der Waals surface area (Å²) in [5.74, 6) is 0. The first-order valence-corrected chi connectivity index (χ1v) is 16.0. The van der Waals surface area contributed by atoms with Crippen LogP contribution in [0.2, 0.25) is 0 Å². The monoisotopic (exact) mass is 583 g/mol. The van der Waals surface area contributed by atoms with E-state index in [1.54, 1.807) is 0 Å². The molecule has 2 aliphatic rings. The SMILES string of the molecule is c1ccc(N2c3ccccc3B3c4c2cccc4-n2c4c3cccc4c3ccc4c5ccccc5n(-c5ccccc5)c4c32)cc1. The molecular formula is C42H26BN3. The number of aromatic nitrogens is 2. The Morgan fingerprint density at radius 1 is 0.348 bits per heavy atom. The first-order valence-electron chi connectivity index (χ1n) is 16.0. The number of para-hydroxylation sites is 5. The van der Waals surface area contributed by atoms with Gasteiger partial charge >= 0.3 is 0 Å². The van der Waals surface area contributed by atoms with Crippen molar-refractivity contribution in [2.45, 2.75) is 0 Å². The van der Waals surface area contributed by atoms with Gasteiger partial charge in [-0.1, -0.05) is 109 Å². The molecule has 0 radical (unpaired) electrons. The summed E-state index contributed by atoms with van der Waals surface area (Å²) < 4.78 is 5.06. The summed E-state index contributed by atoms with van der Waals surface area (Å²) in [7, 11) is 0. The van der Waals surface area contributed by atoms with Crippen molar-refractivity contribution in [2.75, 3.05) is 4.90 Å². The van der Waals surface area contributed by atoms with E-state index in [1.807, 2.05) is 0 Å². The van der Waals surface area contributed by atoms with E-state index in [0.717, 1.165) is 0 Å². The van der Waals surface area contributed by atoms with Crippen LogP contribution in [0.1, 0.15) is 0 Å². The standard InChI is InChI=1S/C42H26BN3/c1-3-13-27(14-4-1)44-36-22-10-8-19-33(36)43-34-20-11-18-30-32-26-25-31-29-17-7-9-21-35(29)45(28-15-5-2-6-16-28)41(31)42(32)46(40(30)34)38-24-12-23-37(44)39(38)43/h1-26H. The molecule has 4 heteroatoms. The molecule has 0 N–H and O–H groups in total. The van der Waals surface area contributed by atoms with Gasteiger partial charge in [-0.2, -0.15) is 0 Å². The number of rotatable bonds is 2. The maximum Gasteiger partial charge on any atom is 0.252 e. The Morgan fingerprint density at radius 2 is 0.913 bits per heavy atom. The molecule has 7 aromatic carbocycles. The van der Waals surface area contributed by atoms with Crippen molar-refractivity contribution in [3.05, 3.63) is 158 Å². The summed E-state index contributed by atoms with van der Waals surface area (Å²) in [5.41, 5.74) is 15.2. The van der Waals surface area contributed by atoms with Crippen LogP contribution >= 0.6 is 0 Å². The van der Waals surface area contributed by atoms with Gasteiger partial charge in [0.25, 0.3) is 6.71 Å². The molecular weight excluding hydrogens is 557 g/mol. The molecule has 0 saturated heterocycles. The average Bonchev–Trinajstić information content (AvgIpc) is 3.64. The van der Waals surface area contributed by atoms with Gasteiger partial charge in [0.15, 0.2) is 0 Å². The minimum absolute atomic E-state index is 0.137. The molecule has 46 heavy (non-hydrogen) atoms. The van der Waals surface area contributed by atoms with Crippen molar-refractivity contribution >= 4 is 83.8 Å². The first-order chi connectivity index (χ1) is 22.9. The molecule has 0 bridgehead atoms. The Morgan fingerprint density at radius 3 is 1.76 bits per heavy atom. The molecule has 9 aromatic rings. The van der Waals surface area contributed by atoms with Gasteiger partial charge in [-0.15, -0.1) is 0 Å². The van der Waals surface area contributed by atoms with Gasteiger partial charge in [-0.3, -0.25) is 0 Å². The second-order valence-electron chi connectivity index (χ2n) is 12.5. The molecule has 0 atom stereocenters. The quantitative estimate of drug-likeness (QED) is 0.186. The van der Waals surface area contributed by atoms with Crippen LogP contribution in [0.3, 0.4) is 0 Å². The second kappa shape index (κ2) is 8.80. The highest BCUT2D eigenvalue weighted by atomic mass is 15.2. The Labute approximate surface area is 266 Å². The lowest BCUT2D eigenvalue weighted by molar-refractivity contribution is 1.15. The molecule has 0 fully saturated rings. The zero-order valence-corrected chi connectivity index (χ0v) is 24.9. The molecule has 212 valence electrons. The molecule has 0 saturated carbocycles. The van der Waals surface area contributed by atoms with Gasteiger partial charge in [0.2, 0.25) is 0 Å². The third-order valence-electron chi connectivity index (χ3n) is 10.3. The van der Waals surface area contributed by atoms with Crippen LogP contribution in [-0.2, 0) is 0 Å². The van der Waals surface area contributed by atoms with Gasteiger partial charge < -0.3 is 14.0 Å². The van der Waals surface area contributed by atoms with E-state index in [1.165, 1.54) is 88.4 Å². The summed E-state index contributed by atoms with van der Waals surface area (Å²) in [5, 5.41) is 5.14. The van der Waals surface area contributed by atoms with Crippen LogP contribution in [-0.4, -0.2) is 15.8 Å². The van der Waals surface area contributed by atoms with Crippen molar-refractivity contribution in [1.29, 1.82) is 0 Å². The van der Waals surface area contributed by atoms with Crippen molar-refractivity contribution in [1.82, 2.24) is 9.13 Å². The van der Waals surface area contributed by atoms with Crippen LogP contribution in [0.15, 0.2) is 158 Å². The minimum Gasteiger partial charge on any atom is -0.311 e. The van der Waals surface area contributed by atoms with Crippen molar-refractivity contribution < 1.29 is 0 Å². The van der Waals surface area contributed by atoms with Crippen molar-refractivity contribution in [2.24, 2.45) is 0 Å². The van der Waals surface area contributed by atoms with Crippen LogP contribution in [0.4, 0.5) is 17.1 Å². The molecule has 0 aliphatic carbocycles. The fraction of sp³-hybridized carbons (Fsp3) is 0. The summed E-state index contributed by atoms with van der Waals surface area (Å²) >= 11 is 0. The predicted octanol–water partition coefficient (Wildman–Crippen LogP) is 8.49. The highest BCUT2D eigenvalue weighted by Crippen LogP contribution is 2.44. The van der Waals surface area contributed by atoms with Gasteiger partial charge in [0.1, 0.15) is 0 Å². The van der Waals surface area contributed by atoms with Gasteiger partial charge in [-0.05, 0) is 64.9 Å². The summed E-state index contributed by atoms with van der Waals surface area (Å²) in [6.45, 7) is 0.137. The van der Waals surface area contributed by atoms with Gasteiger partial charge in [-0.25, -0.2) is 0 Å². The molecule has 0 amide bonds. The molecule has 0 spiro atoms. The van der Waals surface area contributed by atoms with E-state index in [0.29, 0.717) is 0 Å². The highest BCUT2D eigenvalue weighted by molar-refractivity contribution is 7.00. The maximum absolute atomic E-state index is 2.59. The number of anilines is 3. The summed E-state index contributed by atoms with van der Waals surface area (Å²) in [6, 6.07) is 58.0. The van der Waals surface area contributed by atoms with E-state index >= 15 is 0 Å². The Kier molecular flexibility index (Phi) is 4.66. The Bertz CT molecular complexity index is 2700. The van der Waals surface area contributed by atoms with Gasteiger partial charge in [0.05, 0.1) is 16.6 Å². The van der Waals surface area contributed by atoms with Crippen LogP contribution in [0, 0.1) is 0 Å². The zero-order valence-electron chi connectivity index (χ0n) is 24.9. The number of fused-ring (bicyclic) bond motifs is 11. The number of nitrogens with zero attached hydrogens (tertiary/aromatic N) is 3. The normalized spacial score (nSPS) is 13.1. The van der Waals surface area contributed by atoms with Crippen molar-refractivity contribution in [3.63, 3.8) is 0 Å². The average molecular weight is 584 g/mol.